The van der Waals surface area contributed by atoms with Crippen molar-refractivity contribution < 1.29 is 9.47 Å². The molecule has 0 saturated carbocycles. The van der Waals surface area contributed by atoms with Gasteiger partial charge in [-0.3, -0.25) is 4.90 Å². The first kappa shape index (κ1) is 23.0. The molecule has 166 valence electrons. The minimum Gasteiger partial charge on any atom is -0.497 e. The first-order valence-corrected chi connectivity index (χ1v) is 10.1. The third-order valence-electron chi connectivity index (χ3n) is 5.61. The zero-order valence-electron chi connectivity index (χ0n) is 18.1. The topological polar surface area (TPSA) is 68.5 Å². The molecule has 1 saturated heterocycles. The van der Waals surface area contributed by atoms with Crippen LogP contribution >= 0.6 is 12.4 Å². The molecule has 1 fully saturated rings. The van der Waals surface area contributed by atoms with Crippen molar-refractivity contribution in [2.75, 3.05) is 47.4 Å². The van der Waals surface area contributed by atoms with Gasteiger partial charge in [0.15, 0.2) is 5.82 Å². The number of hydrogen-bond donors (Lipinski definition) is 0. The average molecular weight is 445 g/mol. The van der Waals surface area contributed by atoms with E-state index in [0.29, 0.717) is 6.54 Å². The molecule has 3 aromatic rings. The summed E-state index contributed by atoms with van der Waals surface area (Å²) in [6.07, 6.45) is 0. The third kappa shape index (κ3) is 5.15. The fourth-order valence-corrected chi connectivity index (χ4v) is 3.91. The van der Waals surface area contributed by atoms with Crippen LogP contribution in [0, 0.1) is 0 Å². The molecule has 1 aromatic heterocycles. The molecule has 0 aliphatic carbocycles. The number of nitrogens with zero attached hydrogens (tertiary/aromatic N) is 6. The molecule has 4 rings (SSSR count). The Kier molecular flexibility index (Phi) is 7.84. The molecule has 0 spiro atoms. The summed E-state index contributed by atoms with van der Waals surface area (Å²) in [6.45, 7) is 4.42. The van der Waals surface area contributed by atoms with E-state index in [2.05, 4.69) is 44.5 Å². The molecule has 9 heteroatoms. The van der Waals surface area contributed by atoms with Crippen molar-refractivity contribution in [3.63, 3.8) is 0 Å². The Bertz CT molecular complexity index is 960. The lowest BCUT2D eigenvalue weighted by Crippen LogP contribution is -2.46. The summed E-state index contributed by atoms with van der Waals surface area (Å²) in [5, 5.41) is 12.8. The highest BCUT2D eigenvalue weighted by Crippen LogP contribution is 2.36. The minimum atomic E-state index is -0.137. The summed E-state index contributed by atoms with van der Waals surface area (Å²) < 4.78 is 13.1. The molecule has 0 N–H and O–H groups in total. The number of aromatic nitrogens is 4. The second-order valence-electron chi connectivity index (χ2n) is 7.53. The number of halogens is 1. The number of rotatable bonds is 7. The number of ether oxygens (including phenoxy) is 2. The van der Waals surface area contributed by atoms with E-state index in [9.17, 15) is 0 Å². The first-order chi connectivity index (χ1) is 14.7. The number of likely N-dealkylation sites (N-methyl/N-ethyl adjacent to an activating group) is 1. The van der Waals surface area contributed by atoms with Crippen LogP contribution in [0.4, 0.5) is 0 Å². The van der Waals surface area contributed by atoms with Crippen LogP contribution in [0.15, 0.2) is 48.5 Å². The number of benzene rings is 2. The molecule has 0 amide bonds. The molecule has 0 bridgehead atoms. The molecular formula is C22H29ClN6O2. The smallest absolute Gasteiger partial charge is 0.173 e. The molecular weight excluding hydrogens is 416 g/mol. The van der Waals surface area contributed by atoms with Crippen LogP contribution in [-0.2, 0) is 6.54 Å². The highest BCUT2D eigenvalue weighted by atomic mass is 35.5. The van der Waals surface area contributed by atoms with Gasteiger partial charge in [0.25, 0.3) is 0 Å². The van der Waals surface area contributed by atoms with Crippen molar-refractivity contribution >= 4 is 12.4 Å². The summed E-state index contributed by atoms with van der Waals surface area (Å²) >= 11 is 0. The van der Waals surface area contributed by atoms with Gasteiger partial charge in [0.1, 0.15) is 17.5 Å². The Balaban J connectivity index is 0.00000272. The Morgan fingerprint density at radius 2 is 1.71 bits per heavy atom. The van der Waals surface area contributed by atoms with Gasteiger partial charge in [-0.15, -0.1) is 17.5 Å². The molecule has 0 radical (unpaired) electrons. The van der Waals surface area contributed by atoms with Crippen molar-refractivity contribution in [3.05, 3.63) is 65.5 Å². The van der Waals surface area contributed by atoms with Gasteiger partial charge in [-0.2, -0.15) is 0 Å². The predicted molar refractivity (Wildman–Crippen MR) is 121 cm³/mol. The van der Waals surface area contributed by atoms with E-state index in [4.69, 9.17) is 9.47 Å². The highest BCUT2D eigenvalue weighted by molar-refractivity contribution is 5.85. The van der Waals surface area contributed by atoms with Gasteiger partial charge in [0, 0.05) is 31.7 Å². The fourth-order valence-electron chi connectivity index (χ4n) is 3.91. The maximum Gasteiger partial charge on any atom is 0.173 e. The monoisotopic (exact) mass is 444 g/mol. The van der Waals surface area contributed by atoms with E-state index < -0.39 is 0 Å². The van der Waals surface area contributed by atoms with Crippen LogP contribution in [0.2, 0.25) is 0 Å². The van der Waals surface area contributed by atoms with Crippen LogP contribution in [0.25, 0.3) is 0 Å². The highest BCUT2D eigenvalue weighted by Gasteiger charge is 2.32. The van der Waals surface area contributed by atoms with Crippen LogP contribution in [-0.4, -0.2) is 77.5 Å². The van der Waals surface area contributed by atoms with Gasteiger partial charge in [-0.1, -0.05) is 30.3 Å². The molecule has 1 aliphatic heterocycles. The lowest BCUT2D eigenvalue weighted by molar-refractivity contribution is 0.120. The Hall–Kier alpha value is -2.68. The van der Waals surface area contributed by atoms with Gasteiger partial charge in [-0.25, -0.2) is 4.68 Å². The van der Waals surface area contributed by atoms with Crippen molar-refractivity contribution in [1.29, 1.82) is 0 Å². The third-order valence-corrected chi connectivity index (χ3v) is 5.61. The van der Waals surface area contributed by atoms with Crippen LogP contribution in [0.5, 0.6) is 11.5 Å². The van der Waals surface area contributed by atoms with E-state index in [1.54, 1.807) is 14.2 Å². The Morgan fingerprint density at radius 1 is 0.968 bits per heavy atom. The number of tetrazole rings is 1. The Morgan fingerprint density at radius 3 is 2.39 bits per heavy atom. The largest absolute Gasteiger partial charge is 0.497 e. The van der Waals surface area contributed by atoms with E-state index in [1.165, 1.54) is 0 Å². The van der Waals surface area contributed by atoms with Crippen LogP contribution in [0.1, 0.15) is 23.0 Å². The average Bonchev–Trinajstić information content (AvgIpc) is 3.23. The van der Waals surface area contributed by atoms with Gasteiger partial charge in [-0.05, 0) is 41.2 Å². The molecule has 1 aliphatic rings. The zero-order chi connectivity index (χ0) is 20.9. The SMILES string of the molecule is COc1ccc(OC)c(C(c2nnnn2Cc2ccccc2)N2CCN(C)CC2)c1.Cl. The summed E-state index contributed by atoms with van der Waals surface area (Å²) in [6, 6.07) is 16.0. The molecule has 1 unspecified atom stereocenters. The van der Waals surface area contributed by atoms with Crippen molar-refractivity contribution in [2.24, 2.45) is 0 Å². The van der Waals surface area contributed by atoms with Gasteiger partial charge in [0.05, 0.1) is 20.8 Å². The maximum absolute atomic E-state index is 5.72. The maximum atomic E-state index is 5.72. The van der Waals surface area contributed by atoms with Crippen molar-refractivity contribution in [2.45, 2.75) is 12.6 Å². The van der Waals surface area contributed by atoms with E-state index in [1.807, 2.05) is 41.1 Å². The minimum absolute atomic E-state index is 0. The molecule has 31 heavy (non-hydrogen) atoms. The van der Waals surface area contributed by atoms with Gasteiger partial charge in [0.2, 0.25) is 0 Å². The zero-order valence-corrected chi connectivity index (χ0v) is 19.0. The summed E-state index contributed by atoms with van der Waals surface area (Å²) in [5.74, 6) is 2.39. The van der Waals surface area contributed by atoms with Crippen molar-refractivity contribution in [3.8, 4) is 11.5 Å². The van der Waals surface area contributed by atoms with Crippen LogP contribution < -0.4 is 9.47 Å². The summed E-state index contributed by atoms with van der Waals surface area (Å²) in [7, 11) is 5.52. The fraction of sp³-hybridized carbons (Fsp3) is 0.409. The molecule has 1 atom stereocenters. The van der Waals surface area contributed by atoms with E-state index >= 15 is 0 Å². The standard InChI is InChI=1S/C22H28N6O2.ClH/c1-26-11-13-27(14-12-26)21(19-15-18(29-2)9-10-20(19)30-3)22-23-24-25-28(22)16-17-7-5-4-6-8-17;/h4-10,15,21H,11-14,16H2,1-3H3;1H. The van der Waals surface area contributed by atoms with Crippen molar-refractivity contribution in [1.82, 2.24) is 30.0 Å². The predicted octanol–water partition coefficient (Wildman–Crippen LogP) is 2.50. The Labute approximate surface area is 189 Å². The normalized spacial score (nSPS) is 15.8. The summed E-state index contributed by atoms with van der Waals surface area (Å²) in [5.41, 5.74) is 2.16. The number of methoxy groups -OCH3 is 2. The lowest BCUT2D eigenvalue weighted by Gasteiger charge is -2.37. The number of piperazine rings is 1. The van der Waals surface area contributed by atoms with Crippen LogP contribution in [0.3, 0.4) is 0 Å². The molecule has 2 heterocycles. The quantitative estimate of drug-likeness (QED) is 0.554. The molecule has 8 nitrogen and oxygen atoms in total. The second kappa shape index (κ2) is 10.6. The first-order valence-electron chi connectivity index (χ1n) is 10.1. The second-order valence-corrected chi connectivity index (χ2v) is 7.53. The summed E-state index contributed by atoms with van der Waals surface area (Å²) in [4.78, 5) is 4.76. The van der Waals surface area contributed by atoms with E-state index in [-0.39, 0.29) is 18.4 Å². The number of hydrogen-bond acceptors (Lipinski definition) is 7. The van der Waals surface area contributed by atoms with Gasteiger partial charge < -0.3 is 14.4 Å². The molecule has 2 aromatic carbocycles. The lowest BCUT2D eigenvalue weighted by atomic mass is 10.0. The van der Waals surface area contributed by atoms with E-state index in [0.717, 1.165) is 54.6 Å². The van der Waals surface area contributed by atoms with Gasteiger partial charge >= 0.3 is 0 Å².